The topological polar surface area (TPSA) is 36.4 Å². The van der Waals surface area contributed by atoms with Crippen molar-refractivity contribution in [2.45, 2.75) is 44.7 Å². The predicted molar refractivity (Wildman–Crippen MR) is 91.9 cm³/mol. The first-order valence-electron chi connectivity index (χ1n) is 8.32. The van der Waals surface area contributed by atoms with Crippen molar-refractivity contribution in [3.8, 4) is 10.6 Å². The van der Waals surface area contributed by atoms with Crippen LogP contribution in [-0.2, 0) is 6.54 Å². The van der Waals surface area contributed by atoms with E-state index in [4.69, 9.17) is 0 Å². The van der Waals surface area contributed by atoms with Crippen molar-refractivity contribution in [1.82, 2.24) is 9.88 Å². The van der Waals surface area contributed by atoms with Gasteiger partial charge in [-0.25, -0.2) is 9.37 Å². The van der Waals surface area contributed by atoms with Crippen molar-refractivity contribution in [3.63, 3.8) is 0 Å². The fraction of sp³-hybridized carbons (Fsp3) is 0.500. The number of benzene rings is 1. The lowest BCUT2D eigenvalue weighted by Gasteiger charge is -2.28. The first-order valence-corrected chi connectivity index (χ1v) is 9.20. The number of thiazole rings is 1. The minimum Gasteiger partial charge on any atom is -0.396 e. The highest BCUT2D eigenvalue weighted by Gasteiger charge is 2.21. The van der Waals surface area contributed by atoms with Crippen LogP contribution in [-0.4, -0.2) is 34.2 Å². The molecule has 2 aromatic rings. The molecule has 1 aromatic carbocycles. The van der Waals surface area contributed by atoms with Crippen molar-refractivity contribution in [2.75, 3.05) is 13.2 Å². The Kier molecular flexibility index (Phi) is 5.75. The highest BCUT2D eigenvalue weighted by molar-refractivity contribution is 7.13. The Morgan fingerprint density at radius 2 is 2.13 bits per heavy atom. The number of likely N-dealkylation sites (tertiary alicyclic amines) is 1. The molecule has 0 spiro atoms. The fourth-order valence-electron chi connectivity index (χ4n) is 3.27. The van der Waals surface area contributed by atoms with E-state index in [2.05, 4.69) is 9.88 Å². The third-order valence-corrected chi connectivity index (χ3v) is 5.41. The zero-order chi connectivity index (χ0) is 16.1. The van der Waals surface area contributed by atoms with Gasteiger partial charge in [0.15, 0.2) is 0 Å². The van der Waals surface area contributed by atoms with Gasteiger partial charge in [0.25, 0.3) is 0 Å². The van der Waals surface area contributed by atoms with E-state index in [0.29, 0.717) is 11.6 Å². The Balaban J connectivity index is 1.73. The molecule has 1 aliphatic rings. The second-order valence-electron chi connectivity index (χ2n) is 6.11. The monoisotopic (exact) mass is 334 g/mol. The average Bonchev–Trinajstić information content (AvgIpc) is 2.90. The number of rotatable bonds is 5. The second-order valence-corrected chi connectivity index (χ2v) is 6.97. The third-order valence-electron chi connectivity index (χ3n) is 4.48. The summed E-state index contributed by atoms with van der Waals surface area (Å²) in [7, 11) is 0. The molecule has 3 nitrogen and oxygen atoms in total. The summed E-state index contributed by atoms with van der Waals surface area (Å²) in [6.45, 7) is 2.07. The summed E-state index contributed by atoms with van der Waals surface area (Å²) in [5.41, 5.74) is 1.57. The maximum Gasteiger partial charge on any atom is 0.133 e. The highest BCUT2D eigenvalue weighted by Crippen LogP contribution is 2.28. The van der Waals surface area contributed by atoms with Crippen LogP contribution in [0.5, 0.6) is 0 Å². The molecule has 124 valence electrons. The largest absolute Gasteiger partial charge is 0.396 e. The minimum absolute atomic E-state index is 0.221. The third kappa shape index (κ3) is 4.16. The molecule has 2 heterocycles. The molecule has 0 aliphatic carbocycles. The van der Waals surface area contributed by atoms with Gasteiger partial charge in [-0.1, -0.05) is 25.0 Å². The number of nitrogens with zero attached hydrogens (tertiary/aromatic N) is 2. The number of aromatic nitrogens is 1. The molecular weight excluding hydrogens is 311 g/mol. The molecule has 0 amide bonds. The molecule has 1 unspecified atom stereocenters. The molecule has 1 fully saturated rings. The minimum atomic E-state index is -0.221. The SMILES string of the molecule is OCCC1CCCCCN1Cc1csc(-c2ccccc2F)n1. The molecule has 1 atom stereocenters. The summed E-state index contributed by atoms with van der Waals surface area (Å²) in [6.07, 6.45) is 5.66. The normalized spacial score (nSPS) is 19.7. The summed E-state index contributed by atoms with van der Waals surface area (Å²) in [5.74, 6) is -0.221. The molecule has 1 saturated heterocycles. The van der Waals surface area contributed by atoms with Gasteiger partial charge in [0.05, 0.1) is 5.69 Å². The molecule has 1 aromatic heterocycles. The standard InChI is InChI=1S/C18H23FN2OS/c19-17-8-4-3-7-16(17)18-20-14(13-23-18)12-21-10-5-1-2-6-15(21)9-11-22/h3-4,7-8,13,15,22H,1-2,5-6,9-12H2. The van der Waals surface area contributed by atoms with Gasteiger partial charge in [0.2, 0.25) is 0 Å². The Hall–Kier alpha value is -1.30. The predicted octanol–water partition coefficient (Wildman–Crippen LogP) is 4.08. The van der Waals surface area contributed by atoms with Gasteiger partial charge >= 0.3 is 0 Å². The smallest absolute Gasteiger partial charge is 0.133 e. The molecule has 0 bridgehead atoms. The van der Waals surface area contributed by atoms with Crippen molar-refractivity contribution < 1.29 is 9.50 Å². The van der Waals surface area contributed by atoms with E-state index in [0.717, 1.165) is 36.6 Å². The van der Waals surface area contributed by atoms with Crippen molar-refractivity contribution in [3.05, 3.63) is 41.2 Å². The van der Waals surface area contributed by atoms with Gasteiger partial charge in [-0.05, 0) is 37.9 Å². The molecule has 3 rings (SSSR count). The molecular formula is C18H23FN2OS. The van der Waals surface area contributed by atoms with Gasteiger partial charge in [0.1, 0.15) is 10.8 Å². The zero-order valence-electron chi connectivity index (χ0n) is 13.2. The maximum atomic E-state index is 13.9. The maximum absolute atomic E-state index is 13.9. The fourth-order valence-corrected chi connectivity index (χ4v) is 4.10. The van der Waals surface area contributed by atoms with Crippen LogP contribution in [0.4, 0.5) is 4.39 Å². The number of hydrogen-bond acceptors (Lipinski definition) is 4. The molecule has 1 aliphatic heterocycles. The van der Waals surface area contributed by atoms with Gasteiger partial charge in [0, 0.05) is 30.1 Å². The van der Waals surface area contributed by atoms with E-state index in [1.807, 2.05) is 11.4 Å². The molecule has 23 heavy (non-hydrogen) atoms. The average molecular weight is 334 g/mol. The molecule has 1 N–H and O–H groups in total. The highest BCUT2D eigenvalue weighted by atomic mass is 32.1. The Labute approximate surface area is 140 Å². The molecule has 0 saturated carbocycles. The van der Waals surface area contributed by atoms with Crippen LogP contribution in [0.15, 0.2) is 29.6 Å². The van der Waals surface area contributed by atoms with E-state index < -0.39 is 0 Å². The lowest BCUT2D eigenvalue weighted by molar-refractivity contribution is 0.150. The quantitative estimate of drug-likeness (QED) is 0.895. The summed E-state index contributed by atoms with van der Waals surface area (Å²) in [6, 6.07) is 7.22. The van der Waals surface area contributed by atoms with E-state index in [1.165, 1.54) is 36.7 Å². The van der Waals surface area contributed by atoms with E-state index in [9.17, 15) is 9.50 Å². The number of aliphatic hydroxyl groups excluding tert-OH is 1. The van der Waals surface area contributed by atoms with Crippen LogP contribution in [0.1, 0.15) is 37.8 Å². The van der Waals surface area contributed by atoms with Crippen LogP contribution in [0.3, 0.4) is 0 Å². The van der Waals surface area contributed by atoms with E-state index >= 15 is 0 Å². The van der Waals surface area contributed by atoms with Crippen LogP contribution in [0.25, 0.3) is 10.6 Å². The van der Waals surface area contributed by atoms with Crippen molar-refractivity contribution >= 4 is 11.3 Å². The van der Waals surface area contributed by atoms with Crippen molar-refractivity contribution in [2.24, 2.45) is 0 Å². The summed E-state index contributed by atoms with van der Waals surface area (Å²) >= 11 is 1.50. The lowest BCUT2D eigenvalue weighted by Crippen LogP contribution is -2.35. The lowest BCUT2D eigenvalue weighted by atomic mass is 10.1. The number of aliphatic hydroxyl groups is 1. The number of hydrogen-bond donors (Lipinski definition) is 1. The summed E-state index contributed by atoms with van der Waals surface area (Å²) < 4.78 is 13.9. The van der Waals surface area contributed by atoms with Crippen LogP contribution >= 0.6 is 11.3 Å². The zero-order valence-corrected chi connectivity index (χ0v) is 14.1. The Morgan fingerprint density at radius 1 is 1.26 bits per heavy atom. The number of halogens is 1. The van der Waals surface area contributed by atoms with Crippen LogP contribution in [0, 0.1) is 5.82 Å². The summed E-state index contributed by atoms with van der Waals surface area (Å²) in [5, 5.41) is 12.1. The first kappa shape index (κ1) is 16.6. The Morgan fingerprint density at radius 3 is 2.96 bits per heavy atom. The van der Waals surface area contributed by atoms with Gasteiger partial charge in [-0.2, -0.15) is 0 Å². The van der Waals surface area contributed by atoms with E-state index in [1.54, 1.807) is 12.1 Å². The molecule has 5 heteroatoms. The Bertz CT molecular complexity index is 631. The second kappa shape index (κ2) is 7.99. The van der Waals surface area contributed by atoms with Crippen molar-refractivity contribution in [1.29, 1.82) is 0 Å². The van der Waals surface area contributed by atoms with Gasteiger partial charge < -0.3 is 5.11 Å². The van der Waals surface area contributed by atoms with Gasteiger partial charge in [-0.15, -0.1) is 11.3 Å². The van der Waals surface area contributed by atoms with Crippen LogP contribution in [0.2, 0.25) is 0 Å². The van der Waals surface area contributed by atoms with Gasteiger partial charge in [-0.3, -0.25) is 4.90 Å². The van der Waals surface area contributed by atoms with Crippen LogP contribution < -0.4 is 0 Å². The summed E-state index contributed by atoms with van der Waals surface area (Å²) in [4.78, 5) is 7.07. The first-order chi connectivity index (χ1) is 11.3. The molecule has 0 radical (unpaired) electrons. The van der Waals surface area contributed by atoms with E-state index in [-0.39, 0.29) is 12.4 Å².